The van der Waals surface area contributed by atoms with Gasteiger partial charge in [-0.3, -0.25) is 4.90 Å². The molecular weight excluding hydrogens is 412 g/mol. The number of rotatable bonds is 6. The summed E-state index contributed by atoms with van der Waals surface area (Å²) in [4.78, 5) is 17.0. The molecule has 2 aliphatic heterocycles. The van der Waals surface area contributed by atoms with E-state index in [2.05, 4.69) is 41.1 Å². The molecule has 0 N–H and O–H groups in total. The molecule has 3 aromatic rings. The average Bonchev–Trinajstić information content (AvgIpc) is 3.42. The molecule has 4 heterocycles. The summed E-state index contributed by atoms with van der Waals surface area (Å²) in [6.07, 6.45) is 7.11. The van der Waals surface area contributed by atoms with Crippen molar-refractivity contribution in [3.8, 4) is 0 Å². The van der Waals surface area contributed by atoms with E-state index in [1.807, 2.05) is 17.5 Å². The maximum Gasteiger partial charge on any atom is 0.187 e. The monoisotopic (exact) mass is 440 g/mol. The predicted octanol–water partition coefficient (Wildman–Crippen LogP) is 5.05. The van der Waals surface area contributed by atoms with E-state index in [0.717, 1.165) is 49.1 Å². The van der Waals surface area contributed by atoms with Crippen LogP contribution in [0, 0.1) is 6.92 Å². The normalized spacial score (nSPS) is 22.7. The second kappa shape index (κ2) is 9.30. The van der Waals surface area contributed by atoms with Gasteiger partial charge >= 0.3 is 0 Å². The molecule has 5 nitrogen and oxygen atoms in total. The van der Waals surface area contributed by atoms with Crippen LogP contribution in [0.15, 0.2) is 35.6 Å². The van der Waals surface area contributed by atoms with Crippen LogP contribution >= 0.6 is 23.1 Å². The highest BCUT2D eigenvalue weighted by Gasteiger charge is 2.25. The topological polar surface area (TPSA) is 51.1 Å². The molecule has 2 aromatic heterocycles. The highest BCUT2D eigenvalue weighted by atomic mass is 32.2. The van der Waals surface area contributed by atoms with Crippen LogP contribution in [0.2, 0.25) is 0 Å². The lowest BCUT2D eigenvalue weighted by Crippen LogP contribution is -2.34. The van der Waals surface area contributed by atoms with Crippen LogP contribution < -0.4 is 0 Å². The maximum atomic E-state index is 5.75. The zero-order valence-electron chi connectivity index (χ0n) is 17.4. The molecular formula is C23H28N4OS2. The van der Waals surface area contributed by atoms with Gasteiger partial charge in [0, 0.05) is 31.0 Å². The van der Waals surface area contributed by atoms with Gasteiger partial charge in [-0.15, -0.1) is 11.3 Å². The number of para-hydroxylation sites is 1. The Kier molecular flexibility index (Phi) is 6.32. The van der Waals surface area contributed by atoms with E-state index in [-0.39, 0.29) is 0 Å². The molecule has 2 unspecified atom stereocenters. The first-order chi connectivity index (χ1) is 14.7. The van der Waals surface area contributed by atoms with Crippen molar-refractivity contribution in [2.45, 2.75) is 56.3 Å². The molecule has 0 saturated carbocycles. The van der Waals surface area contributed by atoms with E-state index in [9.17, 15) is 0 Å². The Morgan fingerprint density at radius 2 is 2.13 bits per heavy atom. The molecule has 30 heavy (non-hydrogen) atoms. The Bertz CT molecular complexity index is 969. The Balaban J connectivity index is 1.26. The molecule has 158 valence electrons. The molecule has 2 atom stereocenters. The minimum Gasteiger partial charge on any atom is -0.377 e. The van der Waals surface area contributed by atoms with Gasteiger partial charge in [0.15, 0.2) is 5.16 Å². The third kappa shape index (κ3) is 4.69. The molecule has 2 saturated heterocycles. The van der Waals surface area contributed by atoms with Gasteiger partial charge in [0.05, 0.1) is 28.6 Å². The fraction of sp³-hybridized carbons (Fsp3) is 0.522. The van der Waals surface area contributed by atoms with Crippen LogP contribution in [-0.2, 0) is 11.3 Å². The fourth-order valence-corrected chi connectivity index (χ4v) is 6.36. The van der Waals surface area contributed by atoms with E-state index in [1.54, 1.807) is 11.8 Å². The Labute approximate surface area is 186 Å². The number of aryl methyl sites for hydroxylation is 1. The third-order valence-electron chi connectivity index (χ3n) is 6.00. The van der Waals surface area contributed by atoms with Crippen molar-refractivity contribution in [1.29, 1.82) is 0 Å². The molecule has 0 spiro atoms. The SMILES string of the molecule is Cc1cnc(SCC2CCCO2)nc1C1CCCN(Cc2nc3ccccc3s2)C1. The van der Waals surface area contributed by atoms with Crippen molar-refractivity contribution >= 4 is 33.3 Å². The Morgan fingerprint density at radius 3 is 3.00 bits per heavy atom. The first-order valence-corrected chi connectivity index (χ1v) is 12.7. The summed E-state index contributed by atoms with van der Waals surface area (Å²) in [7, 11) is 0. The molecule has 5 rings (SSSR count). The smallest absolute Gasteiger partial charge is 0.187 e. The molecule has 0 amide bonds. The molecule has 1 aromatic carbocycles. The Hall–Kier alpha value is -1.54. The van der Waals surface area contributed by atoms with E-state index in [1.165, 1.54) is 40.2 Å². The first-order valence-electron chi connectivity index (χ1n) is 10.9. The van der Waals surface area contributed by atoms with Gasteiger partial charge in [0.2, 0.25) is 0 Å². The molecule has 7 heteroatoms. The highest BCUT2D eigenvalue weighted by Crippen LogP contribution is 2.31. The summed E-state index contributed by atoms with van der Waals surface area (Å²) < 4.78 is 7.03. The van der Waals surface area contributed by atoms with Crippen LogP contribution in [-0.4, -0.2) is 51.4 Å². The van der Waals surface area contributed by atoms with Crippen LogP contribution in [0.25, 0.3) is 10.2 Å². The number of hydrogen-bond acceptors (Lipinski definition) is 7. The number of thiazole rings is 1. The lowest BCUT2D eigenvalue weighted by molar-refractivity contribution is 0.129. The van der Waals surface area contributed by atoms with E-state index < -0.39 is 0 Å². The van der Waals surface area contributed by atoms with Gasteiger partial charge < -0.3 is 4.74 Å². The summed E-state index contributed by atoms with van der Waals surface area (Å²) in [6, 6.07) is 8.42. The number of aromatic nitrogens is 3. The molecule has 0 aliphatic carbocycles. The van der Waals surface area contributed by atoms with E-state index in [0.29, 0.717) is 12.0 Å². The molecule has 0 bridgehead atoms. The fourth-order valence-electron chi connectivity index (χ4n) is 4.47. The van der Waals surface area contributed by atoms with Crippen molar-refractivity contribution in [3.05, 3.63) is 46.7 Å². The second-order valence-corrected chi connectivity index (χ2v) is 10.4. The van der Waals surface area contributed by atoms with E-state index in [4.69, 9.17) is 14.7 Å². The van der Waals surface area contributed by atoms with Gasteiger partial charge in [-0.1, -0.05) is 23.9 Å². The number of thioether (sulfide) groups is 1. The van der Waals surface area contributed by atoms with Crippen LogP contribution in [0.3, 0.4) is 0 Å². The summed E-state index contributed by atoms with van der Waals surface area (Å²) in [5.41, 5.74) is 3.56. The minimum absolute atomic E-state index is 0.363. The van der Waals surface area contributed by atoms with Gasteiger partial charge in [0.25, 0.3) is 0 Å². The van der Waals surface area contributed by atoms with Crippen LogP contribution in [0.1, 0.15) is 47.9 Å². The lowest BCUT2D eigenvalue weighted by Gasteiger charge is -2.32. The van der Waals surface area contributed by atoms with Crippen LogP contribution in [0.4, 0.5) is 0 Å². The van der Waals surface area contributed by atoms with Crippen molar-refractivity contribution in [1.82, 2.24) is 19.9 Å². The number of nitrogens with zero attached hydrogens (tertiary/aromatic N) is 4. The Morgan fingerprint density at radius 1 is 1.20 bits per heavy atom. The summed E-state index contributed by atoms with van der Waals surface area (Å²) in [5, 5.41) is 2.11. The van der Waals surface area contributed by atoms with Gasteiger partial charge in [-0.05, 0) is 56.8 Å². The summed E-state index contributed by atoms with van der Waals surface area (Å²) >= 11 is 3.56. The number of hydrogen-bond donors (Lipinski definition) is 0. The van der Waals surface area contributed by atoms with Crippen molar-refractivity contribution in [2.75, 3.05) is 25.4 Å². The molecule has 2 aliphatic rings. The lowest BCUT2D eigenvalue weighted by atomic mass is 9.92. The third-order valence-corrected chi connectivity index (χ3v) is 8.01. The molecule has 2 fully saturated rings. The number of likely N-dealkylation sites (tertiary alicyclic amines) is 1. The number of fused-ring (bicyclic) bond motifs is 1. The van der Waals surface area contributed by atoms with Crippen LogP contribution in [0.5, 0.6) is 0 Å². The minimum atomic E-state index is 0.363. The quantitative estimate of drug-likeness (QED) is 0.395. The van der Waals surface area contributed by atoms with Gasteiger partial charge in [-0.25, -0.2) is 15.0 Å². The first kappa shape index (κ1) is 20.4. The maximum absolute atomic E-state index is 5.75. The van der Waals surface area contributed by atoms with Crippen molar-refractivity contribution in [2.24, 2.45) is 0 Å². The predicted molar refractivity (Wildman–Crippen MR) is 123 cm³/mol. The number of ether oxygens (including phenoxy) is 1. The van der Waals surface area contributed by atoms with E-state index >= 15 is 0 Å². The van der Waals surface area contributed by atoms with Crippen molar-refractivity contribution in [3.63, 3.8) is 0 Å². The highest BCUT2D eigenvalue weighted by molar-refractivity contribution is 7.99. The summed E-state index contributed by atoms with van der Waals surface area (Å²) in [5.74, 6) is 1.43. The standard InChI is InChI=1S/C23H28N4OS2/c1-16-12-24-23(29-15-18-7-5-11-28-18)26-22(16)17-6-4-10-27(13-17)14-21-25-19-8-2-3-9-20(19)30-21/h2-3,8-9,12,17-18H,4-7,10-11,13-15H2,1H3. The van der Waals surface area contributed by atoms with Gasteiger partial charge in [0.1, 0.15) is 5.01 Å². The zero-order chi connectivity index (χ0) is 20.3. The second-order valence-electron chi connectivity index (χ2n) is 8.32. The van der Waals surface area contributed by atoms with Crippen molar-refractivity contribution < 1.29 is 4.74 Å². The van der Waals surface area contributed by atoms with Gasteiger partial charge in [-0.2, -0.15) is 0 Å². The average molecular weight is 441 g/mol. The largest absolute Gasteiger partial charge is 0.377 e. The number of benzene rings is 1. The zero-order valence-corrected chi connectivity index (χ0v) is 19.1. The summed E-state index contributed by atoms with van der Waals surface area (Å²) in [6.45, 7) is 6.16. The number of piperidine rings is 1. The molecule has 0 radical (unpaired) electrons.